The van der Waals surface area contributed by atoms with E-state index in [0.29, 0.717) is 26.2 Å². The molecule has 2 aliphatic heterocycles. The minimum atomic E-state index is -0.385. The molecule has 5 heteroatoms. The summed E-state index contributed by atoms with van der Waals surface area (Å²) in [5, 5.41) is 0. The molecule has 3 rings (SSSR count). The number of piperidine rings is 1. The summed E-state index contributed by atoms with van der Waals surface area (Å²) < 4.78 is 5.13. The molecule has 0 aliphatic carbocycles. The molecule has 1 spiro atoms. The first-order valence-electron chi connectivity index (χ1n) is 9.76. The highest BCUT2D eigenvalue weighted by Gasteiger charge is 2.49. The Morgan fingerprint density at radius 3 is 2.65 bits per heavy atom. The Balaban J connectivity index is 1.67. The van der Waals surface area contributed by atoms with E-state index >= 15 is 0 Å². The number of amides is 2. The molecule has 0 unspecified atom stereocenters. The number of carbonyl (C=O) groups is 2. The van der Waals surface area contributed by atoms with Crippen LogP contribution in [-0.2, 0) is 16.0 Å². The number of methoxy groups -OCH3 is 1. The zero-order chi connectivity index (χ0) is 18.6. The van der Waals surface area contributed by atoms with Gasteiger partial charge in [-0.3, -0.25) is 9.59 Å². The molecule has 2 amide bonds. The fraction of sp³-hybridized carbons (Fsp3) is 0.619. The van der Waals surface area contributed by atoms with Gasteiger partial charge in [0.25, 0.3) is 5.91 Å². The Hall–Kier alpha value is -1.88. The lowest BCUT2D eigenvalue weighted by atomic mass is 9.78. The van der Waals surface area contributed by atoms with Crippen molar-refractivity contribution in [1.29, 1.82) is 0 Å². The maximum absolute atomic E-state index is 13.0. The van der Waals surface area contributed by atoms with Gasteiger partial charge in [-0.1, -0.05) is 25.5 Å². The summed E-state index contributed by atoms with van der Waals surface area (Å²) in [5.41, 5.74) is 1.60. The Kier molecular flexibility index (Phi) is 5.97. The number of carbonyl (C=O) groups excluding carboxylic acids is 2. The van der Waals surface area contributed by atoms with Crippen molar-refractivity contribution in [2.45, 2.75) is 39.0 Å². The lowest BCUT2D eigenvalue weighted by Crippen LogP contribution is -2.51. The zero-order valence-electron chi connectivity index (χ0n) is 16.0. The van der Waals surface area contributed by atoms with Gasteiger partial charge >= 0.3 is 0 Å². The lowest BCUT2D eigenvalue weighted by Gasteiger charge is -2.39. The lowest BCUT2D eigenvalue weighted by molar-refractivity contribution is -0.146. The Labute approximate surface area is 156 Å². The molecule has 1 atom stereocenters. The highest BCUT2D eigenvalue weighted by molar-refractivity contribution is 5.95. The van der Waals surface area contributed by atoms with Crippen LogP contribution in [0.4, 0.5) is 0 Å². The van der Waals surface area contributed by atoms with E-state index in [1.807, 2.05) is 34.1 Å². The largest absolute Gasteiger partial charge is 0.383 e. The monoisotopic (exact) mass is 358 g/mol. The van der Waals surface area contributed by atoms with E-state index in [4.69, 9.17) is 4.74 Å². The first kappa shape index (κ1) is 18.9. The second-order valence-electron chi connectivity index (χ2n) is 7.59. The summed E-state index contributed by atoms with van der Waals surface area (Å²) in [6, 6.07) is 7.93. The van der Waals surface area contributed by atoms with E-state index in [9.17, 15) is 9.59 Å². The number of nitrogens with zero attached hydrogens (tertiary/aromatic N) is 2. The average molecular weight is 358 g/mol. The van der Waals surface area contributed by atoms with Crippen molar-refractivity contribution in [3.8, 4) is 0 Å². The number of benzene rings is 1. The number of aryl methyl sites for hydroxylation is 1. The molecular weight excluding hydrogens is 328 g/mol. The minimum Gasteiger partial charge on any atom is -0.383 e. The standard InChI is InChI=1S/C21H30N2O3/c1-3-5-17-6-8-18(9-7-17)19(24)23-13-11-21(16-23)10-4-12-22(20(21)25)14-15-26-2/h6-9H,3-5,10-16H2,1-2H3/t21-/m0/s1. The smallest absolute Gasteiger partial charge is 0.253 e. The molecule has 2 saturated heterocycles. The maximum atomic E-state index is 13.0. The van der Waals surface area contributed by atoms with Crippen LogP contribution in [0.2, 0.25) is 0 Å². The maximum Gasteiger partial charge on any atom is 0.253 e. The van der Waals surface area contributed by atoms with Crippen molar-refractivity contribution in [2.75, 3.05) is 39.9 Å². The predicted octanol–water partition coefficient (Wildman–Crippen LogP) is 2.74. The first-order valence-corrected chi connectivity index (χ1v) is 9.76. The van der Waals surface area contributed by atoms with Crippen LogP contribution in [0.3, 0.4) is 0 Å². The molecule has 26 heavy (non-hydrogen) atoms. The Morgan fingerprint density at radius 1 is 1.19 bits per heavy atom. The van der Waals surface area contributed by atoms with Gasteiger partial charge in [0.1, 0.15) is 0 Å². The molecule has 1 aromatic carbocycles. The van der Waals surface area contributed by atoms with Gasteiger partial charge in [0.05, 0.1) is 12.0 Å². The summed E-state index contributed by atoms with van der Waals surface area (Å²) in [6.07, 6.45) is 4.80. The van der Waals surface area contributed by atoms with Gasteiger partial charge in [0, 0.05) is 38.9 Å². The van der Waals surface area contributed by atoms with Crippen LogP contribution in [0.15, 0.2) is 24.3 Å². The highest BCUT2D eigenvalue weighted by atomic mass is 16.5. The summed E-state index contributed by atoms with van der Waals surface area (Å²) in [4.78, 5) is 29.7. The summed E-state index contributed by atoms with van der Waals surface area (Å²) in [7, 11) is 1.66. The Bertz CT molecular complexity index is 643. The topological polar surface area (TPSA) is 49.9 Å². The molecule has 2 aliphatic rings. The van der Waals surface area contributed by atoms with Crippen LogP contribution in [-0.4, -0.2) is 61.5 Å². The van der Waals surface area contributed by atoms with Gasteiger partial charge in [0.2, 0.25) is 5.91 Å². The van der Waals surface area contributed by atoms with Gasteiger partial charge in [-0.25, -0.2) is 0 Å². The molecule has 1 aromatic rings. The Morgan fingerprint density at radius 2 is 1.96 bits per heavy atom. The van der Waals surface area contributed by atoms with E-state index in [0.717, 1.165) is 44.2 Å². The van der Waals surface area contributed by atoms with Crippen molar-refractivity contribution in [2.24, 2.45) is 5.41 Å². The average Bonchev–Trinajstić information content (AvgIpc) is 3.08. The second-order valence-corrected chi connectivity index (χ2v) is 7.59. The third kappa shape index (κ3) is 3.78. The molecule has 0 N–H and O–H groups in total. The summed E-state index contributed by atoms with van der Waals surface area (Å²) in [6.45, 7) is 5.37. The predicted molar refractivity (Wildman–Crippen MR) is 101 cm³/mol. The molecule has 5 nitrogen and oxygen atoms in total. The van der Waals surface area contributed by atoms with Crippen molar-refractivity contribution in [3.05, 3.63) is 35.4 Å². The highest BCUT2D eigenvalue weighted by Crippen LogP contribution is 2.40. The zero-order valence-corrected chi connectivity index (χ0v) is 16.0. The van der Waals surface area contributed by atoms with Crippen LogP contribution in [0.1, 0.15) is 48.5 Å². The molecule has 0 radical (unpaired) electrons. The van der Waals surface area contributed by atoms with Gasteiger partial charge in [-0.05, 0) is 43.4 Å². The van der Waals surface area contributed by atoms with Crippen LogP contribution < -0.4 is 0 Å². The van der Waals surface area contributed by atoms with E-state index < -0.39 is 0 Å². The van der Waals surface area contributed by atoms with Gasteiger partial charge in [-0.2, -0.15) is 0 Å². The SMILES string of the molecule is CCCc1ccc(C(=O)N2CC[C@@]3(CCCN(CCOC)C3=O)C2)cc1. The third-order valence-electron chi connectivity index (χ3n) is 5.77. The fourth-order valence-electron chi connectivity index (χ4n) is 4.28. The number of hydrogen-bond donors (Lipinski definition) is 0. The number of hydrogen-bond acceptors (Lipinski definition) is 3. The number of rotatable bonds is 6. The number of ether oxygens (including phenoxy) is 1. The van der Waals surface area contributed by atoms with E-state index in [2.05, 4.69) is 6.92 Å². The molecule has 0 saturated carbocycles. The molecule has 2 fully saturated rings. The number of likely N-dealkylation sites (tertiary alicyclic amines) is 2. The van der Waals surface area contributed by atoms with Crippen molar-refractivity contribution < 1.29 is 14.3 Å². The third-order valence-corrected chi connectivity index (χ3v) is 5.77. The van der Waals surface area contributed by atoms with Crippen LogP contribution >= 0.6 is 0 Å². The van der Waals surface area contributed by atoms with Crippen molar-refractivity contribution >= 4 is 11.8 Å². The molecule has 0 aromatic heterocycles. The van der Waals surface area contributed by atoms with Crippen LogP contribution in [0.5, 0.6) is 0 Å². The van der Waals surface area contributed by atoms with Gasteiger partial charge in [0.15, 0.2) is 0 Å². The van der Waals surface area contributed by atoms with Gasteiger partial charge < -0.3 is 14.5 Å². The molecular formula is C21H30N2O3. The van der Waals surface area contributed by atoms with E-state index in [1.165, 1.54) is 5.56 Å². The summed E-state index contributed by atoms with van der Waals surface area (Å²) >= 11 is 0. The molecule has 2 heterocycles. The van der Waals surface area contributed by atoms with E-state index in [1.54, 1.807) is 7.11 Å². The first-order chi connectivity index (χ1) is 12.6. The molecule has 0 bridgehead atoms. The van der Waals surface area contributed by atoms with Crippen molar-refractivity contribution in [1.82, 2.24) is 9.80 Å². The van der Waals surface area contributed by atoms with Gasteiger partial charge in [-0.15, -0.1) is 0 Å². The summed E-state index contributed by atoms with van der Waals surface area (Å²) in [5.74, 6) is 0.251. The minimum absolute atomic E-state index is 0.0479. The van der Waals surface area contributed by atoms with Crippen LogP contribution in [0, 0.1) is 5.41 Å². The van der Waals surface area contributed by atoms with Crippen LogP contribution in [0.25, 0.3) is 0 Å². The normalized spacial score (nSPS) is 23.1. The van der Waals surface area contributed by atoms with E-state index in [-0.39, 0.29) is 17.2 Å². The quantitative estimate of drug-likeness (QED) is 0.786. The molecule has 142 valence electrons. The second kappa shape index (κ2) is 8.21. The fourth-order valence-corrected chi connectivity index (χ4v) is 4.28. The van der Waals surface area contributed by atoms with Crippen molar-refractivity contribution in [3.63, 3.8) is 0 Å².